The van der Waals surface area contributed by atoms with Crippen LogP contribution in [0.1, 0.15) is 11.3 Å². The molecule has 0 saturated carbocycles. The summed E-state index contributed by atoms with van der Waals surface area (Å²) in [5.74, 6) is 0.113. The third-order valence-electron chi connectivity index (χ3n) is 5.01. The number of aromatic nitrogens is 3. The molecule has 1 N–H and O–H groups in total. The predicted molar refractivity (Wildman–Crippen MR) is 116 cm³/mol. The molecule has 0 saturated heterocycles. The number of methoxy groups -OCH3 is 1. The zero-order chi connectivity index (χ0) is 23.0. The third-order valence-corrected chi connectivity index (χ3v) is 5.75. The van der Waals surface area contributed by atoms with E-state index in [1.165, 1.54) is 35.9 Å². The van der Waals surface area contributed by atoms with Crippen molar-refractivity contribution < 1.29 is 23.0 Å². The van der Waals surface area contributed by atoms with Crippen molar-refractivity contribution in [1.29, 1.82) is 0 Å². The molecule has 0 radical (unpaired) electrons. The topological polar surface area (TPSA) is 69.3 Å². The van der Waals surface area contributed by atoms with Gasteiger partial charge in [0.2, 0.25) is 11.8 Å². The van der Waals surface area contributed by atoms with Gasteiger partial charge in [-0.05, 0) is 54.6 Å². The van der Waals surface area contributed by atoms with Crippen LogP contribution in [0.4, 0.5) is 13.2 Å². The van der Waals surface area contributed by atoms with Crippen LogP contribution < -0.4 is 10.4 Å². The Kier molecular flexibility index (Phi) is 5.64. The van der Waals surface area contributed by atoms with Crippen molar-refractivity contribution in [1.82, 2.24) is 14.1 Å². The third kappa shape index (κ3) is 4.18. The first-order chi connectivity index (χ1) is 15.2. The highest BCUT2D eigenvalue weighted by Crippen LogP contribution is 2.37. The Labute approximate surface area is 184 Å². The lowest BCUT2D eigenvalue weighted by Gasteiger charge is -2.10. The Balaban J connectivity index is 1.75. The molecule has 4 rings (SSSR count). The molecule has 0 aliphatic heterocycles. The van der Waals surface area contributed by atoms with Crippen molar-refractivity contribution in [3.63, 3.8) is 0 Å². The monoisotopic (exact) mass is 461 g/mol. The highest BCUT2D eigenvalue weighted by molar-refractivity contribution is 8.00. The van der Waals surface area contributed by atoms with Crippen LogP contribution in [0.5, 0.6) is 11.8 Å². The maximum atomic E-state index is 13.2. The van der Waals surface area contributed by atoms with Gasteiger partial charge in [-0.25, -0.2) is 14.3 Å². The second-order valence-electron chi connectivity index (χ2n) is 7.00. The van der Waals surface area contributed by atoms with Gasteiger partial charge < -0.3 is 9.84 Å². The molecule has 0 fully saturated rings. The van der Waals surface area contributed by atoms with Crippen molar-refractivity contribution in [2.24, 2.45) is 0 Å². The molecule has 0 unspecified atom stereocenters. The summed E-state index contributed by atoms with van der Waals surface area (Å²) in [7, 11) is 1.50. The van der Waals surface area contributed by atoms with Crippen LogP contribution in [0.3, 0.4) is 0 Å². The summed E-state index contributed by atoms with van der Waals surface area (Å²) in [5.41, 5.74) is -2.87. The summed E-state index contributed by atoms with van der Waals surface area (Å²) in [4.78, 5) is 17.5. The van der Waals surface area contributed by atoms with Crippen molar-refractivity contribution >= 4 is 22.7 Å². The zero-order valence-electron chi connectivity index (χ0n) is 17.1. The normalized spacial score (nSPS) is 11.8. The van der Waals surface area contributed by atoms with Gasteiger partial charge in [-0.2, -0.15) is 13.2 Å². The average molecular weight is 461 g/mol. The van der Waals surface area contributed by atoms with Gasteiger partial charge in [-0.1, -0.05) is 18.2 Å². The lowest BCUT2D eigenvalue weighted by molar-refractivity contribution is -0.0328. The molecule has 32 heavy (non-hydrogen) atoms. The van der Waals surface area contributed by atoms with E-state index in [0.717, 1.165) is 15.5 Å². The molecule has 0 aliphatic rings. The average Bonchev–Trinajstić information content (AvgIpc) is 2.96. The number of pyridine rings is 1. The number of imidazole rings is 1. The quantitative estimate of drug-likeness (QED) is 0.430. The molecular formula is C22H18F3N3O3S. The van der Waals surface area contributed by atoms with Gasteiger partial charge in [0, 0.05) is 16.3 Å². The Morgan fingerprint density at radius 2 is 1.81 bits per heavy atom. The predicted octanol–water partition coefficient (Wildman–Crippen LogP) is 4.87. The smallest absolute Gasteiger partial charge is 0.446 e. The lowest BCUT2D eigenvalue weighted by atomic mass is 10.1. The van der Waals surface area contributed by atoms with Crippen molar-refractivity contribution in [2.45, 2.75) is 23.9 Å². The molecule has 2 aromatic heterocycles. The molecule has 0 bridgehead atoms. The van der Waals surface area contributed by atoms with Gasteiger partial charge in [-0.3, -0.25) is 4.57 Å². The highest BCUT2D eigenvalue weighted by Gasteiger charge is 2.29. The first-order valence-electron chi connectivity index (χ1n) is 9.48. The number of halogens is 3. The molecule has 0 atom stereocenters. The number of thioether (sulfide) groups is 1. The van der Waals surface area contributed by atoms with Gasteiger partial charge in [0.25, 0.3) is 0 Å². The molecule has 10 heteroatoms. The van der Waals surface area contributed by atoms with E-state index in [-0.39, 0.29) is 34.8 Å². The Morgan fingerprint density at radius 3 is 2.47 bits per heavy atom. The van der Waals surface area contributed by atoms with E-state index in [9.17, 15) is 23.1 Å². The first kappa shape index (κ1) is 21.8. The fourth-order valence-corrected chi connectivity index (χ4v) is 4.02. The molecule has 0 aliphatic carbocycles. The SMILES string of the molecule is COc1cc(Cn2c(C)c(O)n(-c3ccc(SC(F)(F)F)cc3)c2=O)c2ccccc2n1. The minimum Gasteiger partial charge on any atom is -0.493 e. The largest absolute Gasteiger partial charge is 0.493 e. The number of fused-ring (bicyclic) bond motifs is 1. The minimum atomic E-state index is -4.41. The van der Waals surface area contributed by atoms with Crippen molar-refractivity contribution in [3.05, 3.63) is 76.3 Å². The fourth-order valence-electron chi connectivity index (χ4n) is 3.48. The number of nitrogens with zero attached hydrogens (tertiary/aromatic N) is 3. The van der Waals surface area contributed by atoms with E-state index in [1.54, 1.807) is 13.0 Å². The Bertz CT molecular complexity index is 1350. The molecule has 4 aromatic rings. The maximum Gasteiger partial charge on any atom is 0.446 e. The number of ether oxygens (including phenoxy) is 1. The summed E-state index contributed by atoms with van der Waals surface area (Å²) in [6, 6.07) is 14.4. The van der Waals surface area contributed by atoms with Gasteiger partial charge in [0.05, 0.1) is 30.6 Å². The number of hydrogen-bond acceptors (Lipinski definition) is 5. The lowest BCUT2D eigenvalue weighted by Crippen LogP contribution is -2.24. The standard InChI is InChI=1S/C22H18F3N3O3S/c1-13-20(29)28(15-7-9-16(10-8-15)32-22(23,24)25)21(30)27(13)12-14-11-19(31-2)26-18-6-4-3-5-17(14)18/h3-11,29H,12H2,1-2H3. The molecule has 2 heterocycles. The van der Waals surface area contributed by atoms with Crippen LogP contribution in [0.2, 0.25) is 0 Å². The number of alkyl halides is 3. The number of aromatic hydroxyl groups is 1. The van der Waals surface area contributed by atoms with Gasteiger partial charge in [0.1, 0.15) is 0 Å². The van der Waals surface area contributed by atoms with Gasteiger partial charge in [-0.15, -0.1) is 0 Å². The van der Waals surface area contributed by atoms with E-state index >= 15 is 0 Å². The Morgan fingerprint density at radius 1 is 1.12 bits per heavy atom. The Hall–Kier alpha value is -3.40. The maximum absolute atomic E-state index is 13.2. The van der Waals surface area contributed by atoms with Crippen LogP contribution in [0, 0.1) is 6.92 Å². The van der Waals surface area contributed by atoms with Crippen LogP contribution in [0.25, 0.3) is 16.6 Å². The summed E-state index contributed by atoms with van der Waals surface area (Å²) < 4.78 is 45.5. The van der Waals surface area contributed by atoms with Crippen LogP contribution in [0.15, 0.2) is 64.3 Å². The fraction of sp³-hybridized carbons (Fsp3) is 0.182. The van der Waals surface area contributed by atoms with Gasteiger partial charge >= 0.3 is 11.2 Å². The highest BCUT2D eigenvalue weighted by atomic mass is 32.2. The second-order valence-corrected chi connectivity index (χ2v) is 8.13. The molecule has 166 valence electrons. The molecule has 0 amide bonds. The van der Waals surface area contributed by atoms with E-state index in [0.29, 0.717) is 17.1 Å². The van der Waals surface area contributed by atoms with Crippen molar-refractivity contribution in [2.75, 3.05) is 7.11 Å². The first-order valence-corrected chi connectivity index (χ1v) is 10.3. The van der Waals surface area contributed by atoms with Gasteiger partial charge in [0.15, 0.2) is 0 Å². The van der Waals surface area contributed by atoms with E-state index in [4.69, 9.17) is 4.74 Å². The van der Waals surface area contributed by atoms with Crippen molar-refractivity contribution in [3.8, 4) is 17.4 Å². The molecular weight excluding hydrogens is 443 g/mol. The van der Waals surface area contributed by atoms with E-state index < -0.39 is 11.2 Å². The van der Waals surface area contributed by atoms with E-state index in [1.807, 2.05) is 24.3 Å². The zero-order valence-corrected chi connectivity index (χ0v) is 17.9. The van der Waals surface area contributed by atoms with Crippen LogP contribution in [-0.2, 0) is 6.54 Å². The second kappa shape index (κ2) is 8.27. The van der Waals surface area contributed by atoms with Crippen LogP contribution >= 0.6 is 11.8 Å². The number of benzene rings is 2. The van der Waals surface area contributed by atoms with E-state index in [2.05, 4.69) is 4.98 Å². The summed E-state index contributed by atoms with van der Waals surface area (Å²) in [5, 5.41) is 11.5. The summed E-state index contributed by atoms with van der Waals surface area (Å²) >= 11 is -0.245. The number of para-hydroxylation sites is 1. The molecule has 0 spiro atoms. The molecule has 2 aromatic carbocycles. The summed E-state index contributed by atoms with van der Waals surface area (Å²) in [6.45, 7) is 1.74. The minimum absolute atomic E-state index is 0.0136. The van der Waals surface area contributed by atoms with Crippen LogP contribution in [-0.4, -0.2) is 31.8 Å². The molecule has 6 nitrogen and oxygen atoms in total. The summed E-state index contributed by atoms with van der Waals surface area (Å²) in [6.07, 6.45) is 0. The number of rotatable bonds is 5. The number of hydrogen-bond donors (Lipinski definition) is 1.